The molecule has 0 aliphatic carbocycles. The van der Waals surface area contributed by atoms with E-state index in [1.54, 1.807) is 7.05 Å². The van der Waals surface area contributed by atoms with E-state index in [4.69, 9.17) is 9.47 Å². The van der Waals surface area contributed by atoms with E-state index in [1.165, 1.54) is 7.11 Å². The van der Waals surface area contributed by atoms with Crippen LogP contribution in [0.1, 0.15) is 12.5 Å². The number of ether oxygens (including phenoxy) is 2. The fraction of sp³-hybridized carbons (Fsp3) is 0.462. The van der Waals surface area contributed by atoms with E-state index >= 15 is 0 Å². The van der Waals surface area contributed by atoms with Gasteiger partial charge in [0.2, 0.25) is 0 Å². The lowest BCUT2D eigenvalue weighted by molar-refractivity contribution is -0.142. The van der Waals surface area contributed by atoms with Gasteiger partial charge in [-0.1, -0.05) is 12.1 Å². The second-order valence-corrected chi connectivity index (χ2v) is 3.65. The first-order chi connectivity index (χ1) is 8.21. The van der Waals surface area contributed by atoms with Gasteiger partial charge in [-0.05, 0) is 38.1 Å². The lowest BCUT2D eigenvalue weighted by Crippen LogP contribution is -2.36. The summed E-state index contributed by atoms with van der Waals surface area (Å²) in [6.07, 6.45) is 0.607. The van der Waals surface area contributed by atoms with E-state index in [9.17, 15) is 4.79 Å². The predicted molar refractivity (Wildman–Crippen MR) is 66.2 cm³/mol. The van der Waals surface area contributed by atoms with E-state index in [0.29, 0.717) is 13.0 Å². The lowest BCUT2D eigenvalue weighted by atomic mass is 10.1. The first-order valence-corrected chi connectivity index (χ1v) is 5.68. The number of carbonyl (C=O) groups excluding carboxylic acids is 1. The molecule has 4 nitrogen and oxygen atoms in total. The minimum absolute atomic E-state index is 0.249. The molecule has 0 aliphatic rings. The zero-order valence-electron chi connectivity index (χ0n) is 10.5. The molecule has 1 aromatic carbocycles. The Kier molecular flexibility index (Phi) is 5.49. The summed E-state index contributed by atoms with van der Waals surface area (Å²) in [5, 5.41) is 2.94. The van der Waals surface area contributed by atoms with Crippen LogP contribution in [0.3, 0.4) is 0 Å². The highest BCUT2D eigenvalue weighted by Crippen LogP contribution is 2.13. The van der Waals surface area contributed by atoms with Gasteiger partial charge in [-0.2, -0.15) is 0 Å². The van der Waals surface area contributed by atoms with Gasteiger partial charge in [0.1, 0.15) is 11.8 Å². The zero-order valence-corrected chi connectivity index (χ0v) is 10.5. The van der Waals surface area contributed by atoms with Gasteiger partial charge in [0, 0.05) is 0 Å². The molecule has 0 saturated heterocycles. The lowest BCUT2D eigenvalue weighted by Gasteiger charge is -2.13. The predicted octanol–water partition coefficient (Wildman–Crippen LogP) is 1.39. The molecule has 0 heterocycles. The quantitative estimate of drug-likeness (QED) is 0.759. The molecule has 1 atom stereocenters. The molecule has 0 amide bonds. The maximum Gasteiger partial charge on any atom is 0.323 e. The van der Waals surface area contributed by atoms with E-state index in [2.05, 4.69) is 5.32 Å². The molecule has 0 bridgehead atoms. The van der Waals surface area contributed by atoms with Crippen molar-refractivity contribution in [3.05, 3.63) is 29.8 Å². The minimum Gasteiger partial charge on any atom is -0.494 e. The zero-order chi connectivity index (χ0) is 12.7. The Bertz CT molecular complexity index is 348. The number of hydrogen-bond donors (Lipinski definition) is 1. The van der Waals surface area contributed by atoms with Crippen molar-refractivity contribution in [3.63, 3.8) is 0 Å². The number of likely N-dealkylation sites (N-methyl/N-ethyl adjacent to an activating group) is 1. The first kappa shape index (κ1) is 13.5. The molecule has 1 rings (SSSR count). The van der Waals surface area contributed by atoms with Crippen LogP contribution in [0.2, 0.25) is 0 Å². The van der Waals surface area contributed by atoms with Crippen molar-refractivity contribution in [2.45, 2.75) is 19.4 Å². The Morgan fingerprint density at radius 2 is 2.00 bits per heavy atom. The molecule has 17 heavy (non-hydrogen) atoms. The molecule has 1 N–H and O–H groups in total. The third-order valence-corrected chi connectivity index (χ3v) is 2.51. The van der Waals surface area contributed by atoms with Crippen LogP contribution in [0.25, 0.3) is 0 Å². The number of hydrogen-bond acceptors (Lipinski definition) is 4. The monoisotopic (exact) mass is 237 g/mol. The average Bonchev–Trinajstić information content (AvgIpc) is 2.37. The van der Waals surface area contributed by atoms with Gasteiger partial charge in [0.05, 0.1) is 13.7 Å². The Labute approximate surface area is 102 Å². The van der Waals surface area contributed by atoms with Crippen molar-refractivity contribution >= 4 is 5.97 Å². The summed E-state index contributed by atoms with van der Waals surface area (Å²) in [6.45, 7) is 2.60. The molecular formula is C13H19NO3. The summed E-state index contributed by atoms with van der Waals surface area (Å²) < 4.78 is 10.1. The Hall–Kier alpha value is -1.55. The van der Waals surface area contributed by atoms with Crippen molar-refractivity contribution in [2.75, 3.05) is 20.8 Å². The number of benzene rings is 1. The summed E-state index contributed by atoms with van der Waals surface area (Å²) in [6, 6.07) is 7.42. The molecule has 0 saturated carbocycles. The molecule has 0 radical (unpaired) electrons. The van der Waals surface area contributed by atoms with Crippen molar-refractivity contribution in [1.29, 1.82) is 0 Å². The molecule has 0 aliphatic heterocycles. The highest BCUT2D eigenvalue weighted by atomic mass is 16.5. The smallest absolute Gasteiger partial charge is 0.323 e. The van der Waals surface area contributed by atoms with Crippen LogP contribution in [0.4, 0.5) is 0 Å². The number of esters is 1. The number of methoxy groups -OCH3 is 1. The van der Waals surface area contributed by atoms with E-state index < -0.39 is 0 Å². The molecular weight excluding hydrogens is 218 g/mol. The van der Waals surface area contributed by atoms with Gasteiger partial charge in [-0.3, -0.25) is 4.79 Å². The SMILES string of the molecule is CCOc1ccc(C[C@H](NC)C(=O)OC)cc1. The Morgan fingerprint density at radius 3 is 2.47 bits per heavy atom. The second kappa shape index (κ2) is 6.91. The fourth-order valence-electron chi connectivity index (χ4n) is 1.57. The van der Waals surface area contributed by atoms with Gasteiger partial charge in [-0.15, -0.1) is 0 Å². The highest BCUT2D eigenvalue weighted by molar-refractivity contribution is 5.76. The average molecular weight is 237 g/mol. The maximum absolute atomic E-state index is 11.4. The summed E-state index contributed by atoms with van der Waals surface area (Å²) in [4.78, 5) is 11.4. The van der Waals surface area contributed by atoms with Crippen LogP contribution in [0.5, 0.6) is 5.75 Å². The molecule has 0 aromatic heterocycles. The largest absolute Gasteiger partial charge is 0.494 e. The Morgan fingerprint density at radius 1 is 1.35 bits per heavy atom. The molecule has 94 valence electrons. The van der Waals surface area contributed by atoms with Gasteiger partial charge < -0.3 is 14.8 Å². The van der Waals surface area contributed by atoms with Gasteiger partial charge in [0.15, 0.2) is 0 Å². The van der Waals surface area contributed by atoms with Crippen molar-refractivity contribution in [3.8, 4) is 5.75 Å². The molecule has 0 fully saturated rings. The Balaban J connectivity index is 2.64. The fourth-order valence-corrected chi connectivity index (χ4v) is 1.57. The molecule has 0 spiro atoms. The normalized spacial score (nSPS) is 11.9. The van der Waals surface area contributed by atoms with E-state index in [1.807, 2.05) is 31.2 Å². The third-order valence-electron chi connectivity index (χ3n) is 2.51. The standard InChI is InChI=1S/C13H19NO3/c1-4-17-11-7-5-10(6-8-11)9-12(14-2)13(15)16-3/h5-8,12,14H,4,9H2,1-3H3/t12-/m0/s1. The molecule has 1 aromatic rings. The number of nitrogens with one attached hydrogen (secondary N) is 1. The summed E-state index contributed by atoms with van der Waals surface area (Å²) in [5.74, 6) is 0.594. The van der Waals surface area contributed by atoms with Crippen molar-refractivity contribution in [1.82, 2.24) is 5.32 Å². The van der Waals surface area contributed by atoms with E-state index in [0.717, 1.165) is 11.3 Å². The number of rotatable bonds is 6. The van der Waals surface area contributed by atoms with E-state index in [-0.39, 0.29) is 12.0 Å². The van der Waals surface area contributed by atoms with Gasteiger partial charge >= 0.3 is 5.97 Å². The second-order valence-electron chi connectivity index (χ2n) is 3.65. The molecule has 4 heteroatoms. The van der Waals surface area contributed by atoms with Crippen LogP contribution in [-0.2, 0) is 16.0 Å². The first-order valence-electron chi connectivity index (χ1n) is 5.68. The van der Waals surface area contributed by atoms with Crippen LogP contribution in [0.15, 0.2) is 24.3 Å². The summed E-state index contributed by atoms with van der Waals surface area (Å²) >= 11 is 0. The summed E-state index contributed by atoms with van der Waals surface area (Å²) in [5.41, 5.74) is 1.07. The maximum atomic E-state index is 11.4. The minimum atomic E-state index is -0.307. The van der Waals surface area contributed by atoms with Gasteiger partial charge in [-0.25, -0.2) is 0 Å². The summed E-state index contributed by atoms with van der Waals surface area (Å²) in [7, 11) is 3.14. The number of carbonyl (C=O) groups is 1. The van der Waals surface area contributed by atoms with Crippen molar-refractivity contribution in [2.24, 2.45) is 0 Å². The topological polar surface area (TPSA) is 47.6 Å². The van der Waals surface area contributed by atoms with Crippen LogP contribution < -0.4 is 10.1 Å². The molecule has 0 unspecified atom stereocenters. The third kappa shape index (κ3) is 4.07. The highest BCUT2D eigenvalue weighted by Gasteiger charge is 2.16. The van der Waals surface area contributed by atoms with Crippen LogP contribution in [-0.4, -0.2) is 32.8 Å². The van der Waals surface area contributed by atoms with Crippen LogP contribution in [0, 0.1) is 0 Å². The van der Waals surface area contributed by atoms with Gasteiger partial charge in [0.25, 0.3) is 0 Å². The van der Waals surface area contributed by atoms with Crippen LogP contribution >= 0.6 is 0 Å². The van der Waals surface area contributed by atoms with Crippen molar-refractivity contribution < 1.29 is 14.3 Å².